The van der Waals surface area contributed by atoms with Crippen molar-refractivity contribution in [1.29, 1.82) is 0 Å². The maximum Gasteiger partial charge on any atom is 0.407 e. The van der Waals surface area contributed by atoms with E-state index in [4.69, 9.17) is 9.15 Å². The summed E-state index contributed by atoms with van der Waals surface area (Å²) in [6.45, 7) is 8.85. The van der Waals surface area contributed by atoms with Crippen molar-refractivity contribution in [3.05, 3.63) is 17.3 Å². The number of nitrogens with zero attached hydrogens (tertiary/aromatic N) is 1. The number of aromatic nitrogens is 1. The standard InChI is InChI=1S/C13H20N2O4/c1-8(16)11-9(2)18-10(15-11)6-7-14-12(17)19-13(3,4)5/h6-7H2,1-5H3,(H,14,17). The van der Waals surface area contributed by atoms with Crippen LogP contribution >= 0.6 is 0 Å². The van der Waals surface area contributed by atoms with Crippen LogP contribution in [0.25, 0.3) is 0 Å². The van der Waals surface area contributed by atoms with Crippen molar-refractivity contribution in [2.75, 3.05) is 6.54 Å². The molecule has 0 atom stereocenters. The van der Waals surface area contributed by atoms with Crippen molar-refractivity contribution in [3.63, 3.8) is 0 Å². The van der Waals surface area contributed by atoms with Gasteiger partial charge in [0.1, 0.15) is 17.1 Å². The smallest absolute Gasteiger partial charge is 0.407 e. The Bertz CT molecular complexity index is 471. The molecule has 1 aromatic rings. The third kappa shape index (κ3) is 5.11. The number of hydrogen-bond acceptors (Lipinski definition) is 5. The molecule has 6 nitrogen and oxygen atoms in total. The summed E-state index contributed by atoms with van der Waals surface area (Å²) in [6.07, 6.45) is -0.0736. The van der Waals surface area contributed by atoms with Gasteiger partial charge in [-0.2, -0.15) is 0 Å². The summed E-state index contributed by atoms with van der Waals surface area (Å²) in [5.41, 5.74) is -0.182. The Morgan fingerprint density at radius 3 is 2.47 bits per heavy atom. The van der Waals surface area contributed by atoms with Crippen LogP contribution in [-0.2, 0) is 11.2 Å². The van der Waals surface area contributed by atoms with Crippen LogP contribution in [0.4, 0.5) is 4.79 Å². The molecule has 0 aliphatic heterocycles. The van der Waals surface area contributed by atoms with Gasteiger partial charge in [-0.15, -0.1) is 0 Å². The molecular weight excluding hydrogens is 248 g/mol. The number of amides is 1. The molecule has 0 saturated heterocycles. The molecule has 0 aliphatic carbocycles. The molecule has 0 fully saturated rings. The van der Waals surface area contributed by atoms with E-state index in [0.717, 1.165) is 0 Å². The van der Waals surface area contributed by atoms with Crippen LogP contribution in [0.5, 0.6) is 0 Å². The molecular formula is C13H20N2O4. The Morgan fingerprint density at radius 1 is 1.37 bits per heavy atom. The van der Waals surface area contributed by atoms with Gasteiger partial charge in [0.25, 0.3) is 0 Å². The van der Waals surface area contributed by atoms with Gasteiger partial charge in [0.15, 0.2) is 11.7 Å². The first-order valence-corrected chi connectivity index (χ1v) is 6.13. The number of alkyl carbamates (subject to hydrolysis) is 1. The zero-order valence-corrected chi connectivity index (χ0v) is 12.0. The Hall–Kier alpha value is -1.85. The quantitative estimate of drug-likeness (QED) is 0.847. The van der Waals surface area contributed by atoms with E-state index >= 15 is 0 Å². The topological polar surface area (TPSA) is 81.4 Å². The molecule has 19 heavy (non-hydrogen) atoms. The fraction of sp³-hybridized carbons (Fsp3) is 0.615. The van der Waals surface area contributed by atoms with Gasteiger partial charge in [0.05, 0.1) is 0 Å². The molecule has 0 unspecified atom stereocenters. The summed E-state index contributed by atoms with van der Waals surface area (Å²) >= 11 is 0. The zero-order chi connectivity index (χ0) is 14.6. The number of Topliss-reactive ketones (excluding diaryl/α,β-unsaturated/α-hetero) is 1. The number of carbonyl (C=O) groups is 2. The number of ketones is 1. The summed E-state index contributed by atoms with van der Waals surface area (Å²) in [6, 6.07) is 0. The number of hydrogen-bond donors (Lipinski definition) is 1. The molecule has 0 radical (unpaired) electrons. The maximum atomic E-state index is 11.4. The van der Waals surface area contributed by atoms with Crippen molar-refractivity contribution in [1.82, 2.24) is 10.3 Å². The summed E-state index contributed by atoms with van der Waals surface area (Å²) in [4.78, 5) is 26.7. The normalized spacial score (nSPS) is 11.2. The third-order valence-corrected chi connectivity index (χ3v) is 2.18. The van der Waals surface area contributed by atoms with Crippen molar-refractivity contribution < 1.29 is 18.7 Å². The van der Waals surface area contributed by atoms with Gasteiger partial charge >= 0.3 is 6.09 Å². The summed E-state index contributed by atoms with van der Waals surface area (Å²) < 4.78 is 10.4. The van der Waals surface area contributed by atoms with E-state index in [1.807, 2.05) is 0 Å². The lowest BCUT2D eigenvalue weighted by atomic mass is 10.2. The highest BCUT2D eigenvalue weighted by molar-refractivity contribution is 5.92. The largest absolute Gasteiger partial charge is 0.445 e. The highest BCUT2D eigenvalue weighted by Crippen LogP contribution is 2.11. The van der Waals surface area contributed by atoms with E-state index in [0.29, 0.717) is 30.3 Å². The van der Waals surface area contributed by atoms with Gasteiger partial charge in [-0.1, -0.05) is 0 Å². The molecule has 0 aromatic carbocycles. The number of nitrogens with one attached hydrogen (secondary N) is 1. The van der Waals surface area contributed by atoms with Crippen molar-refractivity contribution in [2.24, 2.45) is 0 Å². The molecule has 1 rings (SSSR count). The summed E-state index contributed by atoms with van der Waals surface area (Å²) in [5.74, 6) is 0.797. The van der Waals surface area contributed by atoms with Gasteiger partial charge in [-0.25, -0.2) is 9.78 Å². The first-order valence-electron chi connectivity index (χ1n) is 6.13. The Kier molecular flexibility index (Phi) is 4.69. The Labute approximate surface area is 112 Å². The first-order chi connectivity index (χ1) is 8.69. The van der Waals surface area contributed by atoms with Crippen molar-refractivity contribution in [3.8, 4) is 0 Å². The second-order valence-electron chi connectivity index (χ2n) is 5.25. The average Bonchev–Trinajstić information content (AvgIpc) is 2.57. The van der Waals surface area contributed by atoms with Gasteiger partial charge < -0.3 is 14.5 Å². The van der Waals surface area contributed by atoms with Gasteiger partial charge in [-0.3, -0.25) is 4.79 Å². The number of oxazole rings is 1. The van der Waals surface area contributed by atoms with Crippen LogP contribution in [0.2, 0.25) is 0 Å². The van der Waals surface area contributed by atoms with Crippen LogP contribution in [0.3, 0.4) is 0 Å². The van der Waals surface area contributed by atoms with Crippen LogP contribution in [-0.4, -0.2) is 29.0 Å². The molecule has 0 saturated carbocycles. The number of aryl methyl sites for hydroxylation is 1. The lowest BCUT2D eigenvalue weighted by molar-refractivity contribution is 0.0527. The van der Waals surface area contributed by atoms with E-state index < -0.39 is 11.7 Å². The first kappa shape index (κ1) is 15.2. The lowest BCUT2D eigenvalue weighted by Crippen LogP contribution is -2.33. The molecule has 106 valence electrons. The second kappa shape index (κ2) is 5.86. The maximum absolute atomic E-state index is 11.4. The molecule has 0 bridgehead atoms. The van der Waals surface area contributed by atoms with Crippen molar-refractivity contribution in [2.45, 2.75) is 46.6 Å². The van der Waals surface area contributed by atoms with E-state index in [1.165, 1.54) is 6.92 Å². The Morgan fingerprint density at radius 2 is 2.00 bits per heavy atom. The highest BCUT2D eigenvalue weighted by Gasteiger charge is 2.16. The van der Waals surface area contributed by atoms with Crippen LogP contribution < -0.4 is 5.32 Å². The van der Waals surface area contributed by atoms with E-state index in [1.54, 1.807) is 27.7 Å². The monoisotopic (exact) mass is 268 g/mol. The van der Waals surface area contributed by atoms with Gasteiger partial charge in [0, 0.05) is 19.9 Å². The summed E-state index contributed by atoms with van der Waals surface area (Å²) in [5, 5.41) is 2.60. The molecule has 0 spiro atoms. The van der Waals surface area contributed by atoms with E-state index in [-0.39, 0.29) is 5.78 Å². The molecule has 1 amide bonds. The minimum Gasteiger partial charge on any atom is -0.445 e. The van der Waals surface area contributed by atoms with Gasteiger partial charge in [-0.05, 0) is 27.7 Å². The zero-order valence-electron chi connectivity index (χ0n) is 12.0. The predicted octanol–water partition coefficient (Wildman–Crippen LogP) is 2.25. The molecule has 0 aliphatic rings. The minimum absolute atomic E-state index is 0.132. The number of ether oxygens (including phenoxy) is 1. The SMILES string of the molecule is CC(=O)c1nc(CCNC(=O)OC(C)(C)C)oc1C. The lowest BCUT2D eigenvalue weighted by Gasteiger charge is -2.19. The van der Waals surface area contributed by atoms with E-state index in [9.17, 15) is 9.59 Å². The fourth-order valence-corrected chi connectivity index (χ4v) is 1.47. The minimum atomic E-state index is -0.522. The molecule has 1 N–H and O–H groups in total. The van der Waals surface area contributed by atoms with Crippen LogP contribution in [0.15, 0.2) is 4.42 Å². The molecule has 1 aromatic heterocycles. The van der Waals surface area contributed by atoms with Crippen LogP contribution in [0.1, 0.15) is 49.8 Å². The number of carbonyl (C=O) groups excluding carboxylic acids is 2. The Balaban J connectivity index is 2.44. The highest BCUT2D eigenvalue weighted by atomic mass is 16.6. The fourth-order valence-electron chi connectivity index (χ4n) is 1.47. The molecule has 6 heteroatoms. The molecule has 1 heterocycles. The van der Waals surface area contributed by atoms with Gasteiger partial charge in [0.2, 0.25) is 0 Å². The predicted molar refractivity (Wildman–Crippen MR) is 69.2 cm³/mol. The third-order valence-electron chi connectivity index (χ3n) is 2.18. The second-order valence-corrected chi connectivity index (χ2v) is 5.25. The van der Waals surface area contributed by atoms with Crippen LogP contribution in [0, 0.1) is 6.92 Å². The van der Waals surface area contributed by atoms with Crippen molar-refractivity contribution >= 4 is 11.9 Å². The summed E-state index contributed by atoms with van der Waals surface area (Å²) in [7, 11) is 0. The average molecular weight is 268 g/mol. The number of rotatable bonds is 4. The van der Waals surface area contributed by atoms with E-state index in [2.05, 4.69) is 10.3 Å².